The molecule has 3 N–H and O–H groups in total. The Morgan fingerprint density at radius 1 is 1.16 bits per heavy atom. The Kier molecular flexibility index (Phi) is 4.91. The number of rotatable bonds is 4. The van der Waals surface area contributed by atoms with E-state index in [4.69, 9.17) is 4.74 Å². The van der Waals surface area contributed by atoms with Gasteiger partial charge >= 0.3 is 0 Å². The fourth-order valence-electron chi connectivity index (χ4n) is 4.41. The van der Waals surface area contributed by atoms with E-state index in [0.29, 0.717) is 36.2 Å². The summed E-state index contributed by atoms with van der Waals surface area (Å²) >= 11 is 0. The van der Waals surface area contributed by atoms with Gasteiger partial charge in [0.25, 0.3) is 0 Å². The average molecular weight is 348 g/mol. The van der Waals surface area contributed by atoms with Gasteiger partial charge < -0.3 is 20.1 Å². The first-order chi connectivity index (χ1) is 11.7. The second kappa shape index (κ2) is 6.57. The summed E-state index contributed by atoms with van der Waals surface area (Å²) in [5, 5.41) is 32.2. The molecule has 4 heteroatoms. The van der Waals surface area contributed by atoms with E-state index in [1.165, 1.54) is 18.4 Å². The largest absolute Gasteiger partial charge is 0.483 e. The predicted molar refractivity (Wildman–Crippen MR) is 97.9 cm³/mol. The van der Waals surface area contributed by atoms with Gasteiger partial charge in [-0.2, -0.15) is 0 Å². The molecule has 3 unspecified atom stereocenters. The summed E-state index contributed by atoms with van der Waals surface area (Å²) in [6.07, 6.45) is 6.57. The van der Waals surface area contributed by atoms with Gasteiger partial charge in [0.2, 0.25) is 0 Å². The van der Waals surface area contributed by atoms with Crippen molar-refractivity contribution in [3.63, 3.8) is 0 Å². The topological polar surface area (TPSA) is 69.9 Å². The van der Waals surface area contributed by atoms with Gasteiger partial charge in [-0.1, -0.05) is 25.3 Å². The Bertz CT molecular complexity index is 636. The van der Waals surface area contributed by atoms with Gasteiger partial charge in [0.15, 0.2) is 0 Å². The molecule has 0 spiro atoms. The lowest BCUT2D eigenvalue weighted by Gasteiger charge is -2.47. The third kappa shape index (κ3) is 3.32. The van der Waals surface area contributed by atoms with Crippen LogP contribution >= 0.6 is 0 Å². The average Bonchev–Trinajstić information content (AvgIpc) is 2.50. The van der Waals surface area contributed by atoms with Crippen molar-refractivity contribution < 1.29 is 20.1 Å². The number of ether oxygens (including phenoxy) is 1. The third-order valence-corrected chi connectivity index (χ3v) is 5.94. The summed E-state index contributed by atoms with van der Waals surface area (Å²) in [5.41, 5.74) is 1.90. The highest BCUT2D eigenvalue weighted by atomic mass is 16.5. The Labute approximate surface area is 150 Å². The molecule has 1 heterocycles. The Morgan fingerprint density at radius 2 is 1.88 bits per heavy atom. The molecular weight excluding hydrogens is 316 g/mol. The van der Waals surface area contributed by atoms with Crippen LogP contribution in [-0.2, 0) is 4.74 Å². The Hall–Kier alpha value is -1.10. The molecule has 0 saturated heterocycles. The van der Waals surface area contributed by atoms with E-state index in [-0.39, 0.29) is 0 Å². The van der Waals surface area contributed by atoms with Crippen LogP contribution in [0.5, 0.6) is 0 Å². The molecule has 2 aliphatic carbocycles. The molecule has 25 heavy (non-hydrogen) atoms. The van der Waals surface area contributed by atoms with Crippen LogP contribution in [0.25, 0.3) is 0 Å². The minimum absolute atomic E-state index is 0.497. The van der Waals surface area contributed by atoms with E-state index in [0.717, 1.165) is 18.4 Å². The van der Waals surface area contributed by atoms with Crippen LogP contribution in [0.4, 0.5) is 0 Å². The molecule has 0 radical (unpaired) electrons. The summed E-state index contributed by atoms with van der Waals surface area (Å²) in [7, 11) is 0. The fraction of sp³-hybridized carbons (Fsp3) is 0.714. The second-order valence-electron chi connectivity index (χ2n) is 8.52. The Morgan fingerprint density at radius 3 is 2.56 bits per heavy atom. The summed E-state index contributed by atoms with van der Waals surface area (Å²) in [5.74, 6) is 0.672. The summed E-state index contributed by atoms with van der Waals surface area (Å²) < 4.78 is 6.26. The van der Waals surface area contributed by atoms with Crippen LogP contribution < -0.4 is 0 Å². The first kappa shape index (κ1) is 18.7. The normalized spacial score (nSPS) is 34.3. The van der Waals surface area contributed by atoms with Crippen molar-refractivity contribution in [3.05, 3.63) is 34.1 Å². The van der Waals surface area contributed by atoms with Crippen LogP contribution in [0.15, 0.2) is 34.1 Å². The molecule has 0 bridgehead atoms. The zero-order chi connectivity index (χ0) is 18.4. The lowest BCUT2D eigenvalue weighted by Crippen LogP contribution is -2.50. The molecule has 0 aromatic heterocycles. The van der Waals surface area contributed by atoms with Crippen LogP contribution in [-0.4, -0.2) is 38.7 Å². The molecule has 3 aliphatic rings. The maximum Gasteiger partial charge on any atom is 0.126 e. The zero-order valence-electron chi connectivity index (χ0n) is 15.9. The molecule has 0 saturated carbocycles. The molecule has 0 amide bonds. The number of aliphatic hydroxyl groups is 3. The molecule has 1 aliphatic heterocycles. The second-order valence-corrected chi connectivity index (χ2v) is 8.52. The van der Waals surface area contributed by atoms with Crippen LogP contribution in [0.2, 0.25) is 0 Å². The molecule has 140 valence electrons. The highest BCUT2D eigenvalue weighted by molar-refractivity contribution is 5.55. The van der Waals surface area contributed by atoms with Crippen molar-refractivity contribution in [1.82, 2.24) is 0 Å². The van der Waals surface area contributed by atoms with Crippen LogP contribution in [0.1, 0.15) is 72.6 Å². The lowest BCUT2D eigenvalue weighted by atomic mass is 9.68. The molecule has 0 fully saturated rings. The van der Waals surface area contributed by atoms with E-state index < -0.39 is 23.4 Å². The van der Waals surface area contributed by atoms with Gasteiger partial charge in [-0.15, -0.1) is 0 Å². The van der Waals surface area contributed by atoms with E-state index in [1.54, 1.807) is 6.92 Å². The number of allylic oxidation sites excluding steroid dienone is 1. The molecule has 0 aromatic carbocycles. The van der Waals surface area contributed by atoms with E-state index in [9.17, 15) is 15.3 Å². The van der Waals surface area contributed by atoms with Crippen molar-refractivity contribution in [1.29, 1.82) is 0 Å². The van der Waals surface area contributed by atoms with Gasteiger partial charge in [0.1, 0.15) is 17.5 Å². The Balaban J connectivity index is 2.02. The van der Waals surface area contributed by atoms with Gasteiger partial charge in [-0.05, 0) is 70.1 Å². The highest BCUT2D eigenvalue weighted by Crippen LogP contribution is 2.49. The molecule has 3 atom stereocenters. The van der Waals surface area contributed by atoms with E-state index in [2.05, 4.69) is 13.0 Å². The van der Waals surface area contributed by atoms with Crippen LogP contribution in [0, 0.1) is 0 Å². The predicted octanol–water partition coefficient (Wildman–Crippen LogP) is 3.52. The zero-order valence-corrected chi connectivity index (χ0v) is 15.9. The fourth-order valence-corrected chi connectivity index (χ4v) is 4.41. The smallest absolute Gasteiger partial charge is 0.126 e. The standard InChI is InChI=1S/C21H32O4/c1-5-6-7-8-13-11-15(22)18-16(12-13)25-20(2,3)14-9-10-21(4,24)19(23)17(14)18/h12,15,19,22-24H,5-11H2,1-4H3. The summed E-state index contributed by atoms with van der Waals surface area (Å²) in [4.78, 5) is 0. The van der Waals surface area contributed by atoms with Gasteiger partial charge in [-0.25, -0.2) is 0 Å². The minimum Gasteiger partial charge on any atom is -0.483 e. The molecule has 0 aromatic rings. The van der Waals surface area contributed by atoms with Crippen molar-refractivity contribution >= 4 is 0 Å². The van der Waals surface area contributed by atoms with E-state index in [1.807, 2.05) is 13.8 Å². The van der Waals surface area contributed by atoms with Crippen LogP contribution in [0.3, 0.4) is 0 Å². The lowest BCUT2D eigenvalue weighted by molar-refractivity contribution is -0.0643. The van der Waals surface area contributed by atoms with Gasteiger partial charge in [-0.3, -0.25) is 0 Å². The highest BCUT2D eigenvalue weighted by Gasteiger charge is 2.48. The number of unbranched alkanes of at least 4 members (excludes halogenated alkanes) is 2. The van der Waals surface area contributed by atoms with Crippen molar-refractivity contribution in [2.45, 2.75) is 96.1 Å². The third-order valence-electron chi connectivity index (χ3n) is 5.94. The van der Waals surface area contributed by atoms with E-state index >= 15 is 0 Å². The number of hydrogen-bond donors (Lipinski definition) is 3. The monoisotopic (exact) mass is 348 g/mol. The van der Waals surface area contributed by atoms with Crippen molar-refractivity contribution in [2.24, 2.45) is 0 Å². The number of fused-ring (bicyclic) bond motifs is 1. The first-order valence-corrected chi connectivity index (χ1v) is 9.62. The molecule has 3 rings (SSSR count). The SMILES string of the molecule is CCCCCC1=CC2=C(C3=C(CCC(C)(O)C3O)C(C)(C)O2)C(O)C1. The van der Waals surface area contributed by atoms with Gasteiger partial charge in [0, 0.05) is 5.57 Å². The number of hydrogen-bond acceptors (Lipinski definition) is 4. The summed E-state index contributed by atoms with van der Waals surface area (Å²) in [6.45, 7) is 7.86. The maximum absolute atomic E-state index is 10.8. The quantitative estimate of drug-likeness (QED) is 0.680. The number of aliphatic hydroxyl groups excluding tert-OH is 2. The first-order valence-electron chi connectivity index (χ1n) is 9.62. The molecule has 4 nitrogen and oxygen atoms in total. The van der Waals surface area contributed by atoms with Crippen molar-refractivity contribution in [3.8, 4) is 0 Å². The molecular formula is C21H32O4. The maximum atomic E-state index is 10.8. The van der Waals surface area contributed by atoms with Gasteiger partial charge in [0.05, 0.1) is 11.7 Å². The minimum atomic E-state index is -1.17. The summed E-state index contributed by atoms with van der Waals surface area (Å²) in [6, 6.07) is 0. The van der Waals surface area contributed by atoms with Crippen molar-refractivity contribution in [2.75, 3.05) is 0 Å².